The van der Waals surface area contributed by atoms with Gasteiger partial charge >= 0.3 is 0 Å². The van der Waals surface area contributed by atoms with Crippen molar-refractivity contribution in [3.8, 4) is 0 Å². The number of aliphatic hydroxyl groups excluding tert-OH is 1. The standard InChI is InChI=1S/C11H22N6O/c1-4-17(5-2)11-15-9(12)14-10(16-11)13-6-8(3)7-18/h8,18H,4-7H2,1-3H3,(H3,12,13,14,15,16). The molecule has 0 aliphatic rings. The molecule has 0 aliphatic heterocycles. The minimum absolute atomic E-state index is 0.121. The van der Waals surface area contributed by atoms with Crippen LogP contribution in [0.15, 0.2) is 0 Å². The lowest BCUT2D eigenvalue weighted by atomic mass is 10.2. The van der Waals surface area contributed by atoms with Crippen LogP contribution in [0, 0.1) is 5.92 Å². The number of hydrogen-bond donors (Lipinski definition) is 3. The molecular formula is C11H22N6O. The third kappa shape index (κ3) is 3.99. The first-order valence-corrected chi connectivity index (χ1v) is 6.21. The van der Waals surface area contributed by atoms with E-state index in [1.165, 1.54) is 0 Å². The van der Waals surface area contributed by atoms with Gasteiger partial charge < -0.3 is 21.1 Å². The molecule has 1 unspecified atom stereocenters. The minimum atomic E-state index is 0.121. The Morgan fingerprint density at radius 1 is 1.28 bits per heavy atom. The number of rotatable bonds is 7. The molecular weight excluding hydrogens is 232 g/mol. The maximum atomic E-state index is 8.96. The van der Waals surface area contributed by atoms with Gasteiger partial charge in [0.15, 0.2) is 0 Å². The number of nitrogen functional groups attached to an aromatic ring is 1. The van der Waals surface area contributed by atoms with E-state index in [0.29, 0.717) is 18.4 Å². The molecule has 18 heavy (non-hydrogen) atoms. The molecule has 4 N–H and O–H groups in total. The molecule has 102 valence electrons. The molecule has 0 aliphatic carbocycles. The third-order valence-corrected chi connectivity index (χ3v) is 2.61. The molecule has 0 saturated heterocycles. The minimum Gasteiger partial charge on any atom is -0.396 e. The second-order valence-corrected chi connectivity index (χ2v) is 4.16. The van der Waals surface area contributed by atoms with Crippen molar-refractivity contribution < 1.29 is 5.11 Å². The average Bonchev–Trinajstić information content (AvgIpc) is 2.37. The summed E-state index contributed by atoms with van der Waals surface area (Å²) in [5.41, 5.74) is 5.67. The van der Waals surface area contributed by atoms with Crippen LogP contribution < -0.4 is 16.0 Å². The molecule has 0 aromatic carbocycles. The number of anilines is 3. The SMILES string of the molecule is CCN(CC)c1nc(N)nc(NCC(C)CO)n1. The van der Waals surface area contributed by atoms with Gasteiger partial charge in [-0.05, 0) is 19.8 Å². The van der Waals surface area contributed by atoms with Crippen LogP contribution in [0.25, 0.3) is 0 Å². The van der Waals surface area contributed by atoms with Gasteiger partial charge in [0.1, 0.15) is 0 Å². The fourth-order valence-corrected chi connectivity index (χ4v) is 1.44. The first-order chi connectivity index (χ1) is 8.60. The summed E-state index contributed by atoms with van der Waals surface area (Å²) < 4.78 is 0. The van der Waals surface area contributed by atoms with Crippen molar-refractivity contribution in [3.05, 3.63) is 0 Å². The quantitative estimate of drug-likeness (QED) is 0.645. The van der Waals surface area contributed by atoms with E-state index >= 15 is 0 Å². The van der Waals surface area contributed by atoms with E-state index in [9.17, 15) is 0 Å². The predicted molar refractivity (Wildman–Crippen MR) is 72.5 cm³/mol. The molecule has 7 heteroatoms. The largest absolute Gasteiger partial charge is 0.396 e. The van der Waals surface area contributed by atoms with E-state index in [-0.39, 0.29) is 18.5 Å². The lowest BCUT2D eigenvalue weighted by Crippen LogP contribution is -2.26. The Morgan fingerprint density at radius 3 is 2.50 bits per heavy atom. The van der Waals surface area contributed by atoms with Crippen molar-refractivity contribution in [2.75, 3.05) is 42.2 Å². The fourth-order valence-electron chi connectivity index (χ4n) is 1.44. The van der Waals surface area contributed by atoms with Crippen LogP contribution in [-0.4, -0.2) is 46.3 Å². The zero-order valence-corrected chi connectivity index (χ0v) is 11.2. The monoisotopic (exact) mass is 254 g/mol. The Hall–Kier alpha value is -1.63. The molecule has 1 heterocycles. The van der Waals surface area contributed by atoms with Gasteiger partial charge in [-0.1, -0.05) is 6.92 Å². The van der Waals surface area contributed by atoms with E-state index in [0.717, 1.165) is 13.1 Å². The van der Waals surface area contributed by atoms with Crippen molar-refractivity contribution in [3.63, 3.8) is 0 Å². The van der Waals surface area contributed by atoms with E-state index in [4.69, 9.17) is 10.8 Å². The Labute approximate surface area is 107 Å². The number of nitrogens with two attached hydrogens (primary N) is 1. The lowest BCUT2D eigenvalue weighted by molar-refractivity contribution is 0.244. The number of hydrogen-bond acceptors (Lipinski definition) is 7. The highest BCUT2D eigenvalue weighted by Gasteiger charge is 2.10. The van der Waals surface area contributed by atoms with Crippen LogP contribution in [0.4, 0.5) is 17.8 Å². The maximum absolute atomic E-state index is 8.96. The van der Waals surface area contributed by atoms with Gasteiger partial charge in [0.05, 0.1) is 0 Å². The van der Waals surface area contributed by atoms with Crippen LogP contribution in [0.1, 0.15) is 20.8 Å². The second kappa shape index (κ2) is 6.95. The first-order valence-electron chi connectivity index (χ1n) is 6.21. The van der Waals surface area contributed by atoms with Gasteiger partial charge in [-0.2, -0.15) is 15.0 Å². The van der Waals surface area contributed by atoms with Crippen molar-refractivity contribution >= 4 is 17.8 Å². The Morgan fingerprint density at radius 2 is 1.94 bits per heavy atom. The highest BCUT2D eigenvalue weighted by Crippen LogP contribution is 2.11. The van der Waals surface area contributed by atoms with E-state index in [1.807, 2.05) is 25.7 Å². The lowest BCUT2D eigenvalue weighted by Gasteiger charge is -2.19. The Balaban J connectivity index is 2.80. The molecule has 7 nitrogen and oxygen atoms in total. The van der Waals surface area contributed by atoms with Crippen molar-refractivity contribution in [2.45, 2.75) is 20.8 Å². The highest BCUT2D eigenvalue weighted by atomic mass is 16.3. The van der Waals surface area contributed by atoms with Crippen LogP contribution in [0.5, 0.6) is 0 Å². The summed E-state index contributed by atoms with van der Waals surface area (Å²) in [4.78, 5) is 14.5. The summed E-state index contributed by atoms with van der Waals surface area (Å²) in [5, 5.41) is 12.0. The maximum Gasteiger partial charge on any atom is 0.231 e. The number of aromatic nitrogens is 3. The van der Waals surface area contributed by atoms with Crippen molar-refractivity contribution in [2.24, 2.45) is 5.92 Å². The predicted octanol–water partition coefficient (Wildman–Crippen LogP) is 0.340. The summed E-state index contributed by atoms with van der Waals surface area (Å²) in [6.45, 7) is 8.34. The average molecular weight is 254 g/mol. The van der Waals surface area contributed by atoms with Crippen LogP contribution in [0.2, 0.25) is 0 Å². The molecule has 1 rings (SSSR count). The molecule has 1 atom stereocenters. The molecule has 0 saturated carbocycles. The second-order valence-electron chi connectivity index (χ2n) is 4.16. The summed E-state index contributed by atoms with van der Waals surface area (Å²) in [6, 6.07) is 0. The van der Waals surface area contributed by atoms with Crippen LogP contribution >= 0.6 is 0 Å². The highest BCUT2D eigenvalue weighted by molar-refractivity contribution is 5.41. The molecule has 0 fully saturated rings. The molecule has 1 aromatic rings. The number of nitrogens with one attached hydrogen (secondary N) is 1. The Bertz CT molecular complexity index is 369. The first kappa shape index (κ1) is 14.4. The topological polar surface area (TPSA) is 100 Å². The summed E-state index contributed by atoms with van der Waals surface area (Å²) in [5.74, 6) is 1.36. The zero-order valence-electron chi connectivity index (χ0n) is 11.2. The van der Waals surface area contributed by atoms with E-state index < -0.39 is 0 Å². The molecule has 0 spiro atoms. The van der Waals surface area contributed by atoms with Gasteiger partial charge in [-0.3, -0.25) is 0 Å². The number of aliphatic hydroxyl groups is 1. The molecule has 1 aromatic heterocycles. The Kier molecular flexibility index (Phi) is 5.57. The van der Waals surface area contributed by atoms with Gasteiger partial charge in [0, 0.05) is 26.2 Å². The fraction of sp³-hybridized carbons (Fsp3) is 0.727. The number of nitrogens with zero attached hydrogens (tertiary/aromatic N) is 4. The van der Waals surface area contributed by atoms with Crippen molar-refractivity contribution in [1.82, 2.24) is 15.0 Å². The van der Waals surface area contributed by atoms with E-state index in [1.54, 1.807) is 0 Å². The molecule has 0 amide bonds. The van der Waals surface area contributed by atoms with Gasteiger partial charge in [0.2, 0.25) is 17.8 Å². The molecule has 0 radical (unpaired) electrons. The summed E-state index contributed by atoms with van der Waals surface area (Å²) in [6.07, 6.45) is 0. The summed E-state index contributed by atoms with van der Waals surface area (Å²) >= 11 is 0. The zero-order chi connectivity index (χ0) is 13.5. The van der Waals surface area contributed by atoms with E-state index in [2.05, 4.69) is 20.3 Å². The smallest absolute Gasteiger partial charge is 0.231 e. The van der Waals surface area contributed by atoms with Crippen molar-refractivity contribution in [1.29, 1.82) is 0 Å². The van der Waals surface area contributed by atoms with Crippen LogP contribution in [0.3, 0.4) is 0 Å². The van der Waals surface area contributed by atoms with Gasteiger partial charge in [-0.15, -0.1) is 0 Å². The van der Waals surface area contributed by atoms with Crippen LogP contribution in [-0.2, 0) is 0 Å². The summed E-state index contributed by atoms with van der Waals surface area (Å²) in [7, 11) is 0. The van der Waals surface area contributed by atoms with Gasteiger partial charge in [-0.25, -0.2) is 0 Å². The normalized spacial score (nSPS) is 12.2. The third-order valence-electron chi connectivity index (χ3n) is 2.61. The van der Waals surface area contributed by atoms with Gasteiger partial charge in [0.25, 0.3) is 0 Å². The molecule has 0 bridgehead atoms.